The molecule has 0 heterocycles. The third kappa shape index (κ3) is 6.70. The van der Waals surface area contributed by atoms with Gasteiger partial charge in [-0.3, -0.25) is 9.52 Å². The fourth-order valence-electron chi connectivity index (χ4n) is 2.31. The fraction of sp³-hybridized carbons (Fsp3) is 0.300. The number of anilines is 1. The van der Waals surface area contributed by atoms with E-state index in [9.17, 15) is 18.0 Å². The molecule has 0 aliphatic heterocycles. The zero-order chi connectivity index (χ0) is 20.8. The largest absolute Gasteiger partial charge is 0.444 e. The van der Waals surface area contributed by atoms with Crippen LogP contribution >= 0.6 is 0 Å². The molecule has 0 saturated carbocycles. The third-order valence-electron chi connectivity index (χ3n) is 3.51. The number of hydrogen-bond acceptors (Lipinski definition) is 5. The van der Waals surface area contributed by atoms with Crippen molar-refractivity contribution in [3.05, 3.63) is 60.2 Å². The van der Waals surface area contributed by atoms with Crippen LogP contribution < -0.4 is 10.0 Å². The molecule has 0 atom stereocenters. The molecule has 2 aromatic rings. The molecule has 0 unspecified atom stereocenters. The lowest BCUT2D eigenvalue weighted by Crippen LogP contribution is -2.33. The summed E-state index contributed by atoms with van der Waals surface area (Å²) in [4.78, 5) is 24.1. The summed E-state index contributed by atoms with van der Waals surface area (Å²) >= 11 is 0. The number of alkyl carbamates (subject to hydrolysis) is 1. The SMILES string of the molecule is CC(C)(C)OC(=O)NCCC(=O)c1cccc(NS(=O)(=O)c2ccccc2)c1. The second-order valence-electron chi connectivity index (χ2n) is 7.10. The van der Waals surface area contributed by atoms with Gasteiger partial charge in [-0.1, -0.05) is 30.3 Å². The van der Waals surface area contributed by atoms with E-state index in [4.69, 9.17) is 4.74 Å². The molecule has 0 radical (unpaired) electrons. The maximum atomic E-state index is 12.4. The maximum absolute atomic E-state index is 12.4. The molecule has 1 amide bonds. The van der Waals surface area contributed by atoms with Crippen LogP contribution in [-0.4, -0.2) is 32.4 Å². The van der Waals surface area contributed by atoms with E-state index >= 15 is 0 Å². The minimum atomic E-state index is -3.74. The molecule has 7 nitrogen and oxygen atoms in total. The molecule has 2 N–H and O–H groups in total. The van der Waals surface area contributed by atoms with Gasteiger partial charge >= 0.3 is 6.09 Å². The van der Waals surface area contributed by atoms with Gasteiger partial charge in [0.05, 0.1) is 4.90 Å². The van der Waals surface area contributed by atoms with Crippen molar-refractivity contribution in [2.45, 2.75) is 37.7 Å². The van der Waals surface area contributed by atoms with Gasteiger partial charge in [0.25, 0.3) is 10.0 Å². The molecule has 0 aromatic heterocycles. The lowest BCUT2D eigenvalue weighted by Gasteiger charge is -2.19. The predicted molar refractivity (Wildman–Crippen MR) is 107 cm³/mol. The van der Waals surface area contributed by atoms with E-state index in [1.165, 1.54) is 18.2 Å². The summed E-state index contributed by atoms with van der Waals surface area (Å²) in [5.41, 5.74) is 0.0206. The Bertz CT molecular complexity index is 935. The summed E-state index contributed by atoms with van der Waals surface area (Å²) in [6.45, 7) is 5.37. The molecule has 2 rings (SSSR count). The van der Waals surface area contributed by atoms with Gasteiger partial charge in [-0.25, -0.2) is 13.2 Å². The average molecular weight is 404 g/mol. The van der Waals surface area contributed by atoms with Crippen molar-refractivity contribution in [3.63, 3.8) is 0 Å². The molecule has 0 spiro atoms. The van der Waals surface area contributed by atoms with E-state index in [1.807, 2.05) is 0 Å². The lowest BCUT2D eigenvalue weighted by atomic mass is 10.1. The molecule has 0 fully saturated rings. The Morgan fingerprint density at radius 2 is 1.68 bits per heavy atom. The number of carbonyl (C=O) groups excluding carboxylic acids is 2. The summed E-state index contributed by atoms with van der Waals surface area (Å²) in [6, 6.07) is 14.2. The van der Waals surface area contributed by atoms with E-state index in [2.05, 4.69) is 10.0 Å². The van der Waals surface area contributed by atoms with Crippen LogP contribution in [0, 0.1) is 0 Å². The van der Waals surface area contributed by atoms with Crippen LogP contribution in [0.15, 0.2) is 59.5 Å². The average Bonchev–Trinajstić information content (AvgIpc) is 2.60. The number of ketones is 1. The predicted octanol–water partition coefficient (Wildman–Crippen LogP) is 3.58. The zero-order valence-corrected chi connectivity index (χ0v) is 16.9. The lowest BCUT2D eigenvalue weighted by molar-refractivity contribution is 0.0527. The minimum absolute atomic E-state index is 0.0636. The van der Waals surface area contributed by atoms with Crippen LogP contribution in [0.1, 0.15) is 37.6 Å². The Morgan fingerprint density at radius 3 is 2.32 bits per heavy atom. The van der Waals surface area contributed by atoms with Gasteiger partial charge in [0.2, 0.25) is 0 Å². The summed E-state index contributed by atoms with van der Waals surface area (Å²) < 4.78 is 32.3. The first-order chi connectivity index (χ1) is 13.1. The Balaban J connectivity index is 1.97. The molecule has 0 bridgehead atoms. The van der Waals surface area contributed by atoms with E-state index in [0.717, 1.165) is 0 Å². The molecule has 0 aliphatic carbocycles. The van der Waals surface area contributed by atoms with E-state index in [-0.39, 0.29) is 29.3 Å². The van der Waals surface area contributed by atoms with E-state index < -0.39 is 21.7 Å². The highest BCUT2D eigenvalue weighted by molar-refractivity contribution is 7.92. The van der Waals surface area contributed by atoms with Crippen molar-refractivity contribution >= 4 is 27.6 Å². The molecule has 28 heavy (non-hydrogen) atoms. The first-order valence-corrected chi connectivity index (χ1v) is 10.2. The van der Waals surface area contributed by atoms with Crippen molar-refractivity contribution in [2.24, 2.45) is 0 Å². The maximum Gasteiger partial charge on any atom is 0.407 e. The second-order valence-corrected chi connectivity index (χ2v) is 8.78. The van der Waals surface area contributed by atoms with Gasteiger partial charge in [0.15, 0.2) is 5.78 Å². The molecular weight excluding hydrogens is 380 g/mol. The number of hydrogen-bond donors (Lipinski definition) is 2. The summed E-state index contributed by atoms with van der Waals surface area (Å²) in [6.07, 6.45) is -0.529. The van der Waals surface area contributed by atoms with Crippen LogP contribution in [0.5, 0.6) is 0 Å². The molecule has 2 aromatic carbocycles. The van der Waals surface area contributed by atoms with Crippen molar-refractivity contribution in [1.29, 1.82) is 0 Å². The quantitative estimate of drug-likeness (QED) is 0.687. The highest BCUT2D eigenvalue weighted by atomic mass is 32.2. The smallest absolute Gasteiger partial charge is 0.407 e. The van der Waals surface area contributed by atoms with Crippen molar-refractivity contribution in [1.82, 2.24) is 5.32 Å². The van der Waals surface area contributed by atoms with Gasteiger partial charge in [0.1, 0.15) is 5.60 Å². The Labute approximate surface area is 165 Å². The second kappa shape index (κ2) is 8.88. The van der Waals surface area contributed by atoms with Crippen LogP contribution in [-0.2, 0) is 14.8 Å². The van der Waals surface area contributed by atoms with E-state index in [0.29, 0.717) is 5.56 Å². The van der Waals surface area contributed by atoms with Crippen molar-refractivity contribution in [2.75, 3.05) is 11.3 Å². The molecule has 0 aliphatic rings. The van der Waals surface area contributed by atoms with Crippen LogP contribution in [0.4, 0.5) is 10.5 Å². The van der Waals surface area contributed by atoms with Crippen LogP contribution in [0.3, 0.4) is 0 Å². The van der Waals surface area contributed by atoms with Gasteiger partial charge in [-0.15, -0.1) is 0 Å². The topological polar surface area (TPSA) is 102 Å². The van der Waals surface area contributed by atoms with Crippen LogP contribution in [0.2, 0.25) is 0 Å². The molecular formula is C20H24N2O5S. The number of ether oxygens (including phenoxy) is 1. The Morgan fingerprint density at radius 1 is 1.00 bits per heavy atom. The first-order valence-electron chi connectivity index (χ1n) is 8.75. The number of amides is 1. The Kier molecular flexibility index (Phi) is 6.80. The minimum Gasteiger partial charge on any atom is -0.444 e. The van der Waals surface area contributed by atoms with Crippen molar-refractivity contribution in [3.8, 4) is 0 Å². The monoisotopic (exact) mass is 404 g/mol. The number of sulfonamides is 1. The highest BCUT2D eigenvalue weighted by Crippen LogP contribution is 2.18. The molecule has 150 valence electrons. The highest BCUT2D eigenvalue weighted by Gasteiger charge is 2.17. The summed E-state index contributed by atoms with van der Waals surface area (Å²) in [5, 5.41) is 2.52. The summed E-state index contributed by atoms with van der Waals surface area (Å²) in [7, 11) is -3.74. The number of benzene rings is 2. The number of rotatable bonds is 7. The molecule has 0 saturated heterocycles. The van der Waals surface area contributed by atoms with Gasteiger partial charge in [-0.05, 0) is 45.0 Å². The number of Topliss-reactive ketones (excluding diaryl/α,β-unsaturated/α-hetero) is 1. The summed E-state index contributed by atoms with van der Waals surface area (Å²) in [5.74, 6) is -0.225. The normalized spacial score (nSPS) is 11.5. The van der Waals surface area contributed by atoms with Gasteiger partial charge in [-0.2, -0.15) is 0 Å². The first kappa shape index (κ1) is 21.4. The van der Waals surface area contributed by atoms with Crippen LogP contribution in [0.25, 0.3) is 0 Å². The Hall–Kier alpha value is -2.87. The molecule has 8 heteroatoms. The third-order valence-corrected chi connectivity index (χ3v) is 4.91. The van der Waals surface area contributed by atoms with Crippen molar-refractivity contribution < 1.29 is 22.7 Å². The van der Waals surface area contributed by atoms with Gasteiger partial charge < -0.3 is 10.1 Å². The number of nitrogens with one attached hydrogen (secondary N) is 2. The number of carbonyl (C=O) groups is 2. The fourth-order valence-corrected chi connectivity index (χ4v) is 3.38. The standard InChI is InChI=1S/C20H24N2O5S/c1-20(2,3)27-19(24)21-13-12-18(23)15-8-7-9-16(14-15)22-28(25,26)17-10-5-4-6-11-17/h4-11,14,22H,12-13H2,1-3H3,(H,21,24). The zero-order valence-electron chi connectivity index (χ0n) is 16.1. The van der Waals surface area contributed by atoms with Gasteiger partial charge in [0, 0.05) is 24.2 Å². The van der Waals surface area contributed by atoms with E-state index in [1.54, 1.807) is 57.2 Å².